The Bertz CT molecular complexity index is 1300. The molecule has 3 aromatic rings. The Morgan fingerprint density at radius 2 is 2.03 bits per heavy atom. The Kier molecular flexibility index (Phi) is 6.27. The first-order valence-corrected chi connectivity index (χ1v) is 8.93. The normalized spacial score (nSPS) is 11.6. The average Bonchev–Trinajstić information content (AvgIpc) is 3.21. The number of furan rings is 1. The first-order chi connectivity index (χ1) is 15.2. The summed E-state index contributed by atoms with van der Waals surface area (Å²) in [6.45, 7) is -0.329. The first-order valence-electron chi connectivity index (χ1n) is 8.93. The molecular formula is C21H14F3N3O5. The molecule has 0 saturated carbocycles. The van der Waals surface area contributed by atoms with Crippen molar-refractivity contribution in [3.8, 4) is 17.4 Å². The van der Waals surface area contributed by atoms with Gasteiger partial charge in [-0.05, 0) is 36.4 Å². The van der Waals surface area contributed by atoms with Gasteiger partial charge in [-0.3, -0.25) is 14.9 Å². The van der Waals surface area contributed by atoms with Crippen molar-refractivity contribution in [1.82, 2.24) is 4.98 Å². The molecule has 1 aromatic carbocycles. The maximum atomic E-state index is 12.9. The summed E-state index contributed by atoms with van der Waals surface area (Å²) in [4.78, 5) is 25.3. The molecule has 11 heteroatoms. The van der Waals surface area contributed by atoms with Crippen LogP contribution < -0.4 is 5.56 Å². The molecule has 2 heterocycles. The van der Waals surface area contributed by atoms with Gasteiger partial charge in [-0.15, -0.1) is 0 Å². The van der Waals surface area contributed by atoms with Gasteiger partial charge >= 0.3 is 6.18 Å². The Hall–Kier alpha value is -4.17. The molecule has 32 heavy (non-hydrogen) atoms. The summed E-state index contributed by atoms with van der Waals surface area (Å²) < 4.78 is 49.2. The lowest BCUT2D eigenvalue weighted by atomic mass is 10.1. The number of aromatic amines is 1. The van der Waals surface area contributed by atoms with Gasteiger partial charge < -0.3 is 14.1 Å². The van der Waals surface area contributed by atoms with E-state index in [0.717, 1.165) is 12.1 Å². The van der Waals surface area contributed by atoms with Crippen molar-refractivity contribution in [3.05, 3.63) is 85.0 Å². The number of hydrogen-bond acceptors (Lipinski definition) is 6. The van der Waals surface area contributed by atoms with Crippen molar-refractivity contribution in [2.75, 3.05) is 7.11 Å². The minimum Gasteiger partial charge on any atom is -0.457 e. The monoisotopic (exact) mass is 445 g/mol. The van der Waals surface area contributed by atoms with Gasteiger partial charge in [-0.1, -0.05) is 12.1 Å². The molecule has 0 aliphatic heterocycles. The van der Waals surface area contributed by atoms with Crippen LogP contribution in [0.3, 0.4) is 0 Å². The third-order valence-corrected chi connectivity index (χ3v) is 4.42. The fourth-order valence-corrected chi connectivity index (χ4v) is 3.01. The molecule has 0 saturated heterocycles. The number of ether oxygens (including phenoxy) is 1. The molecule has 0 radical (unpaired) electrons. The lowest BCUT2D eigenvalue weighted by Crippen LogP contribution is -2.18. The van der Waals surface area contributed by atoms with Crippen LogP contribution in [0.4, 0.5) is 18.9 Å². The second-order valence-corrected chi connectivity index (χ2v) is 6.49. The van der Waals surface area contributed by atoms with Crippen LogP contribution in [-0.4, -0.2) is 17.0 Å². The Morgan fingerprint density at radius 3 is 2.66 bits per heavy atom. The molecule has 0 aliphatic rings. The largest absolute Gasteiger partial charge is 0.457 e. The highest BCUT2D eigenvalue weighted by atomic mass is 19.4. The SMILES string of the molecule is COCc1c([N+](=O)[O-])c(C=Cc2ccc(-c3cccc(C(F)(F)F)c3)o2)[nH]c(=O)c1C#N. The molecule has 2 aromatic heterocycles. The fraction of sp³-hybridized carbons (Fsp3) is 0.143. The van der Waals surface area contributed by atoms with E-state index in [1.807, 2.05) is 0 Å². The predicted octanol–water partition coefficient (Wildman–Crippen LogP) is 4.75. The zero-order chi connectivity index (χ0) is 23.5. The lowest BCUT2D eigenvalue weighted by molar-refractivity contribution is -0.386. The summed E-state index contributed by atoms with van der Waals surface area (Å²) in [5, 5.41) is 20.7. The summed E-state index contributed by atoms with van der Waals surface area (Å²) in [7, 11) is 1.26. The van der Waals surface area contributed by atoms with Gasteiger partial charge in [0, 0.05) is 12.7 Å². The number of benzene rings is 1. The van der Waals surface area contributed by atoms with Gasteiger partial charge in [0.05, 0.1) is 22.7 Å². The van der Waals surface area contributed by atoms with Crippen molar-refractivity contribution >= 4 is 17.8 Å². The average molecular weight is 445 g/mol. The quantitative estimate of drug-likeness (QED) is 0.432. The van der Waals surface area contributed by atoms with Crippen LogP contribution in [0.25, 0.3) is 23.5 Å². The number of pyridine rings is 1. The highest BCUT2D eigenvalue weighted by Gasteiger charge is 2.30. The van der Waals surface area contributed by atoms with E-state index >= 15 is 0 Å². The van der Waals surface area contributed by atoms with Crippen LogP contribution in [0.15, 0.2) is 45.6 Å². The number of rotatable bonds is 6. The number of nitrogens with zero attached hydrogens (tertiary/aromatic N) is 2. The van der Waals surface area contributed by atoms with Gasteiger partial charge in [-0.25, -0.2) is 0 Å². The Labute approximate surface area is 178 Å². The summed E-state index contributed by atoms with van der Waals surface area (Å²) in [6, 6.07) is 9.10. The number of methoxy groups -OCH3 is 1. The summed E-state index contributed by atoms with van der Waals surface area (Å²) in [6.07, 6.45) is -2.00. The van der Waals surface area contributed by atoms with Gasteiger partial charge in [0.15, 0.2) is 0 Å². The fourth-order valence-electron chi connectivity index (χ4n) is 3.01. The number of H-pyrrole nitrogens is 1. The van der Waals surface area contributed by atoms with E-state index in [-0.39, 0.29) is 34.9 Å². The summed E-state index contributed by atoms with van der Waals surface area (Å²) in [5.41, 5.74) is -2.77. The first kappa shape index (κ1) is 22.5. The number of nitrogens with one attached hydrogen (secondary N) is 1. The minimum atomic E-state index is -4.51. The summed E-state index contributed by atoms with van der Waals surface area (Å²) >= 11 is 0. The van der Waals surface area contributed by atoms with Gasteiger partial charge in [-0.2, -0.15) is 18.4 Å². The molecule has 0 bridgehead atoms. The third-order valence-electron chi connectivity index (χ3n) is 4.42. The number of halogens is 3. The van der Waals surface area contributed by atoms with Crippen LogP contribution in [0, 0.1) is 21.4 Å². The Balaban J connectivity index is 2.00. The van der Waals surface area contributed by atoms with Crippen LogP contribution in [0.1, 0.15) is 28.1 Å². The van der Waals surface area contributed by atoms with E-state index in [2.05, 4.69) is 4.98 Å². The number of nitriles is 1. The molecule has 164 valence electrons. The maximum Gasteiger partial charge on any atom is 0.416 e. The molecular weight excluding hydrogens is 431 g/mol. The topological polar surface area (TPSA) is 122 Å². The number of nitro groups is 1. The molecule has 0 unspecified atom stereocenters. The Morgan fingerprint density at radius 1 is 1.28 bits per heavy atom. The third kappa shape index (κ3) is 4.60. The molecule has 0 atom stereocenters. The van der Waals surface area contributed by atoms with Gasteiger partial charge in [0.1, 0.15) is 28.8 Å². The van der Waals surface area contributed by atoms with Crippen LogP contribution >= 0.6 is 0 Å². The number of hydrogen-bond donors (Lipinski definition) is 1. The highest BCUT2D eigenvalue weighted by Crippen LogP contribution is 2.33. The van der Waals surface area contributed by atoms with E-state index in [9.17, 15) is 28.1 Å². The number of alkyl halides is 3. The van der Waals surface area contributed by atoms with Crippen LogP contribution in [0.5, 0.6) is 0 Å². The molecule has 0 amide bonds. The zero-order valence-corrected chi connectivity index (χ0v) is 16.4. The summed E-state index contributed by atoms with van der Waals surface area (Å²) in [5.74, 6) is 0.323. The van der Waals surface area contributed by atoms with E-state index < -0.39 is 33.5 Å². The second kappa shape index (κ2) is 8.91. The van der Waals surface area contributed by atoms with Crippen molar-refractivity contribution in [3.63, 3.8) is 0 Å². The van der Waals surface area contributed by atoms with E-state index in [1.165, 1.54) is 43.5 Å². The van der Waals surface area contributed by atoms with E-state index in [0.29, 0.717) is 0 Å². The van der Waals surface area contributed by atoms with Crippen molar-refractivity contribution in [1.29, 1.82) is 5.26 Å². The minimum absolute atomic E-state index is 0.152. The van der Waals surface area contributed by atoms with Crippen molar-refractivity contribution in [2.24, 2.45) is 0 Å². The highest BCUT2D eigenvalue weighted by molar-refractivity contribution is 5.73. The standard InChI is InChI=1S/C21H14F3N3O5/c1-31-11-16-15(10-25)20(28)26-17(19(16)27(29)30)7-5-14-6-8-18(32-14)12-3-2-4-13(9-12)21(22,23)24/h2-9H,11H2,1H3,(H,26,28). The zero-order valence-electron chi connectivity index (χ0n) is 16.4. The van der Waals surface area contributed by atoms with Gasteiger partial charge in [0.25, 0.3) is 11.2 Å². The van der Waals surface area contributed by atoms with E-state index in [1.54, 1.807) is 6.07 Å². The smallest absolute Gasteiger partial charge is 0.416 e. The molecule has 0 spiro atoms. The predicted molar refractivity (Wildman–Crippen MR) is 107 cm³/mol. The number of aromatic nitrogens is 1. The molecule has 3 rings (SSSR count). The molecule has 0 fully saturated rings. The van der Waals surface area contributed by atoms with Crippen molar-refractivity contribution < 1.29 is 27.2 Å². The molecule has 0 aliphatic carbocycles. The van der Waals surface area contributed by atoms with Gasteiger partial charge in [0.2, 0.25) is 0 Å². The van der Waals surface area contributed by atoms with Crippen LogP contribution in [0.2, 0.25) is 0 Å². The lowest BCUT2D eigenvalue weighted by Gasteiger charge is -2.07. The maximum absolute atomic E-state index is 12.9. The van der Waals surface area contributed by atoms with Crippen molar-refractivity contribution in [2.45, 2.75) is 12.8 Å². The second-order valence-electron chi connectivity index (χ2n) is 6.49. The molecule has 1 N–H and O–H groups in total. The van der Waals surface area contributed by atoms with Crippen LogP contribution in [-0.2, 0) is 17.5 Å². The molecule has 8 nitrogen and oxygen atoms in total. The van der Waals surface area contributed by atoms with E-state index in [4.69, 9.17) is 14.4 Å².